The zero-order valence-electron chi connectivity index (χ0n) is 11.7. The number of hydrogen-bond donors (Lipinski definition) is 0. The van der Waals surface area contributed by atoms with Crippen LogP contribution in [0, 0.1) is 10.3 Å². The Morgan fingerprint density at radius 2 is 1.18 bits per heavy atom. The van der Waals surface area contributed by atoms with Crippen molar-refractivity contribution in [2.24, 2.45) is 0 Å². The fourth-order valence-electron chi connectivity index (χ4n) is 2.86. The van der Waals surface area contributed by atoms with Gasteiger partial charge in [0.15, 0.2) is 0 Å². The lowest BCUT2D eigenvalue weighted by atomic mass is 10.1. The number of hydrogen-bond acceptors (Lipinski definition) is 1. The molecule has 0 aliphatic heterocycles. The summed E-state index contributed by atoms with van der Waals surface area (Å²) in [5.41, 5.74) is 2.97. The molecule has 0 aliphatic carbocycles. The summed E-state index contributed by atoms with van der Waals surface area (Å²) in [5.74, 6) is -0.238. The highest BCUT2D eigenvalue weighted by molar-refractivity contribution is 7.72. The molecule has 4 aromatic rings. The first-order chi connectivity index (χ1) is 10.8. The van der Waals surface area contributed by atoms with E-state index in [0.29, 0.717) is 0 Å². The van der Waals surface area contributed by atoms with E-state index < -0.39 is 0 Å². The average molecular weight is 305 g/mol. The third-order valence-electron chi connectivity index (χ3n) is 3.86. The number of pyridine rings is 1. The fourth-order valence-corrected chi connectivity index (χ4v) is 3.21. The van der Waals surface area contributed by atoms with Crippen LogP contribution in [0.15, 0.2) is 72.8 Å². The number of para-hydroxylation sites is 2. The molecule has 0 N–H and O–H groups in total. The normalized spacial score (nSPS) is 11.1. The smallest absolute Gasteiger partial charge is 0.123 e. The second-order valence-electron chi connectivity index (χ2n) is 5.18. The molecular weight excluding hydrogens is 293 g/mol. The van der Waals surface area contributed by atoms with Gasteiger partial charge in [0.25, 0.3) is 0 Å². The van der Waals surface area contributed by atoms with Gasteiger partial charge in [-0.3, -0.25) is 0 Å². The number of benzene rings is 3. The van der Waals surface area contributed by atoms with E-state index in [1.165, 1.54) is 12.1 Å². The van der Waals surface area contributed by atoms with Crippen molar-refractivity contribution in [2.45, 2.75) is 0 Å². The maximum Gasteiger partial charge on any atom is 0.123 e. The molecule has 0 spiro atoms. The molecule has 1 aromatic heterocycles. The Kier molecular flexibility index (Phi) is 3.01. The van der Waals surface area contributed by atoms with Crippen molar-refractivity contribution in [3.63, 3.8) is 0 Å². The molecule has 0 aliphatic rings. The van der Waals surface area contributed by atoms with E-state index in [1.807, 2.05) is 48.5 Å². The van der Waals surface area contributed by atoms with Gasteiger partial charge in [-0.05, 0) is 36.4 Å². The molecule has 106 valence electrons. The molecule has 1 nitrogen and oxygen atoms in total. The molecule has 3 aromatic carbocycles. The summed E-state index contributed by atoms with van der Waals surface area (Å²) in [5, 5.41) is 2.06. The van der Waals surface area contributed by atoms with Gasteiger partial charge in [0.1, 0.15) is 5.82 Å². The minimum atomic E-state index is -0.238. The minimum absolute atomic E-state index is 0.238. The van der Waals surface area contributed by atoms with Crippen LogP contribution in [0.4, 0.5) is 4.39 Å². The van der Waals surface area contributed by atoms with Crippen molar-refractivity contribution >= 4 is 34.0 Å². The van der Waals surface area contributed by atoms with Crippen LogP contribution in [0.1, 0.15) is 0 Å². The molecular formula is C19H12FNS. The lowest BCUT2D eigenvalue weighted by molar-refractivity contribution is 0.627. The van der Waals surface area contributed by atoms with E-state index >= 15 is 0 Å². The van der Waals surface area contributed by atoms with E-state index in [9.17, 15) is 4.39 Å². The van der Waals surface area contributed by atoms with Crippen molar-refractivity contribution in [2.75, 3.05) is 0 Å². The summed E-state index contributed by atoms with van der Waals surface area (Å²) in [6, 6.07) is 22.6. The predicted octanol–water partition coefficient (Wildman–Crippen LogP) is 5.65. The number of rotatable bonds is 1. The van der Waals surface area contributed by atoms with Crippen LogP contribution in [-0.2, 0) is 0 Å². The van der Waals surface area contributed by atoms with Crippen molar-refractivity contribution in [3.8, 4) is 5.69 Å². The number of halogens is 1. The first-order valence-corrected chi connectivity index (χ1v) is 7.45. The van der Waals surface area contributed by atoms with Crippen LogP contribution >= 0.6 is 12.2 Å². The number of nitrogens with zero attached hydrogens (tertiary/aromatic N) is 1. The van der Waals surface area contributed by atoms with E-state index in [4.69, 9.17) is 12.2 Å². The minimum Gasteiger partial charge on any atom is -0.309 e. The second kappa shape index (κ2) is 5.04. The lowest BCUT2D eigenvalue weighted by Crippen LogP contribution is -2.00. The summed E-state index contributed by atoms with van der Waals surface area (Å²) in [7, 11) is 0. The Bertz CT molecular complexity index is 988. The van der Waals surface area contributed by atoms with Crippen molar-refractivity contribution in [3.05, 3.63) is 83.1 Å². The SMILES string of the molecule is Fc1ccc(-n2c3ccccc3c(=S)c3ccccc32)cc1. The summed E-state index contributed by atoms with van der Waals surface area (Å²) in [4.78, 5) is 0. The molecule has 0 radical (unpaired) electrons. The van der Waals surface area contributed by atoms with Gasteiger partial charge in [-0.15, -0.1) is 0 Å². The number of fused-ring (bicyclic) bond motifs is 2. The van der Waals surface area contributed by atoms with Gasteiger partial charge in [0.05, 0.1) is 15.5 Å². The Balaban J connectivity index is 2.25. The molecule has 22 heavy (non-hydrogen) atoms. The molecule has 0 saturated carbocycles. The third kappa shape index (κ3) is 1.94. The zero-order valence-corrected chi connectivity index (χ0v) is 12.5. The second-order valence-corrected chi connectivity index (χ2v) is 5.58. The standard InChI is InChI=1S/C19H12FNS/c20-13-9-11-14(12-10-13)21-17-7-3-1-5-15(17)19(22)16-6-2-4-8-18(16)21/h1-12H. The van der Waals surface area contributed by atoms with Crippen molar-refractivity contribution < 1.29 is 4.39 Å². The Morgan fingerprint density at radius 1 is 0.682 bits per heavy atom. The van der Waals surface area contributed by atoms with Crippen LogP contribution in [0.5, 0.6) is 0 Å². The Hall–Kier alpha value is -2.52. The highest BCUT2D eigenvalue weighted by Gasteiger charge is 2.09. The van der Waals surface area contributed by atoms with E-state index in [1.54, 1.807) is 12.1 Å². The Labute approximate surface area is 132 Å². The van der Waals surface area contributed by atoms with Crippen molar-refractivity contribution in [1.29, 1.82) is 0 Å². The van der Waals surface area contributed by atoms with Gasteiger partial charge in [0.2, 0.25) is 0 Å². The molecule has 0 unspecified atom stereocenters. The first-order valence-electron chi connectivity index (χ1n) is 7.04. The zero-order chi connectivity index (χ0) is 15.1. The van der Waals surface area contributed by atoms with Gasteiger partial charge < -0.3 is 4.57 Å². The number of aromatic nitrogens is 1. The summed E-state index contributed by atoms with van der Waals surface area (Å²) < 4.78 is 16.2. The molecule has 1 heterocycles. The van der Waals surface area contributed by atoms with Gasteiger partial charge >= 0.3 is 0 Å². The average Bonchev–Trinajstić information content (AvgIpc) is 2.57. The van der Waals surface area contributed by atoms with E-state index in [0.717, 1.165) is 32.0 Å². The molecule has 4 rings (SSSR count). The molecule has 3 heteroatoms. The lowest BCUT2D eigenvalue weighted by Gasteiger charge is -2.16. The molecule has 0 fully saturated rings. The highest BCUT2D eigenvalue weighted by atomic mass is 32.1. The third-order valence-corrected chi connectivity index (χ3v) is 4.30. The van der Waals surface area contributed by atoms with E-state index in [2.05, 4.69) is 4.57 Å². The van der Waals surface area contributed by atoms with Gasteiger partial charge in [-0.25, -0.2) is 4.39 Å². The maximum atomic E-state index is 13.3. The molecule has 0 amide bonds. The van der Waals surface area contributed by atoms with Crippen LogP contribution < -0.4 is 0 Å². The van der Waals surface area contributed by atoms with Crippen molar-refractivity contribution in [1.82, 2.24) is 4.57 Å². The largest absolute Gasteiger partial charge is 0.309 e. The highest BCUT2D eigenvalue weighted by Crippen LogP contribution is 2.28. The van der Waals surface area contributed by atoms with Crippen LogP contribution in [0.25, 0.3) is 27.5 Å². The quantitative estimate of drug-likeness (QED) is 0.325. The predicted molar refractivity (Wildman–Crippen MR) is 91.6 cm³/mol. The maximum absolute atomic E-state index is 13.3. The monoisotopic (exact) mass is 305 g/mol. The molecule has 0 saturated heterocycles. The first kappa shape index (κ1) is 13.2. The Morgan fingerprint density at radius 3 is 1.73 bits per heavy atom. The molecule has 0 bridgehead atoms. The van der Waals surface area contributed by atoms with Gasteiger partial charge in [-0.1, -0.05) is 48.6 Å². The summed E-state index contributed by atoms with van der Waals surface area (Å²) in [6.07, 6.45) is 0. The van der Waals surface area contributed by atoms with Crippen LogP contribution in [0.3, 0.4) is 0 Å². The van der Waals surface area contributed by atoms with Crippen LogP contribution in [0.2, 0.25) is 0 Å². The summed E-state index contributed by atoms with van der Waals surface area (Å²) >= 11 is 5.65. The fraction of sp³-hybridized carbons (Fsp3) is 0. The topological polar surface area (TPSA) is 4.93 Å². The van der Waals surface area contributed by atoms with Gasteiger partial charge in [0, 0.05) is 16.5 Å². The summed E-state index contributed by atoms with van der Waals surface area (Å²) in [6.45, 7) is 0. The van der Waals surface area contributed by atoms with Gasteiger partial charge in [-0.2, -0.15) is 0 Å². The molecule has 0 atom stereocenters. The van der Waals surface area contributed by atoms with E-state index in [-0.39, 0.29) is 5.82 Å². The van der Waals surface area contributed by atoms with Crippen LogP contribution in [-0.4, -0.2) is 4.57 Å².